The van der Waals surface area contributed by atoms with E-state index in [1.165, 1.54) is 6.07 Å². The largest absolute Gasteiger partial charge is 0.486 e. The molecule has 21 heavy (non-hydrogen) atoms. The summed E-state index contributed by atoms with van der Waals surface area (Å²) >= 11 is 0. The van der Waals surface area contributed by atoms with Gasteiger partial charge in [0.15, 0.2) is 11.6 Å². The molecule has 1 amide bonds. The molecule has 1 aliphatic rings. The Morgan fingerprint density at radius 1 is 1.48 bits per heavy atom. The summed E-state index contributed by atoms with van der Waals surface area (Å²) < 4.78 is 18.9. The van der Waals surface area contributed by atoms with Crippen molar-refractivity contribution in [1.29, 1.82) is 5.26 Å². The molecule has 2 rings (SSSR count). The van der Waals surface area contributed by atoms with Crippen LogP contribution in [0.5, 0.6) is 5.75 Å². The maximum atomic E-state index is 13.5. The lowest BCUT2D eigenvalue weighted by Crippen LogP contribution is -2.42. The van der Waals surface area contributed by atoms with Crippen LogP contribution in [0.4, 0.5) is 4.39 Å². The summed E-state index contributed by atoms with van der Waals surface area (Å²) in [7, 11) is 0. The predicted octanol–water partition coefficient (Wildman–Crippen LogP) is 2.79. The van der Waals surface area contributed by atoms with E-state index in [-0.39, 0.29) is 24.3 Å². The van der Waals surface area contributed by atoms with E-state index in [9.17, 15) is 14.4 Å². The number of benzene rings is 1. The lowest BCUT2D eigenvalue weighted by atomic mass is 9.87. The van der Waals surface area contributed by atoms with Crippen molar-refractivity contribution in [3.63, 3.8) is 0 Å². The van der Waals surface area contributed by atoms with Gasteiger partial charge in [0.1, 0.15) is 11.5 Å². The Labute approximate surface area is 123 Å². The number of amides is 1. The van der Waals surface area contributed by atoms with Crippen LogP contribution >= 0.6 is 0 Å². The summed E-state index contributed by atoms with van der Waals surface area (Å²) in [6.07, 6.45) is 2.66. The van der Waals surface area contributed by atoms with Gasteiger partial charge in [-0.1, -0.05) is 25.0 Å². The SMILES string of the molecule is C[C@H](CNC(=O)C1(C#N)CCCC1)Oc1ccccc1F. The van der Waals surface area contributed by atoms with E-state index in [4.69, 9.17) is 4.74 Å². The number of nitrogens with one attached hydrogen (secondary N) is 1. The van der Waals surface area contributed by atoms with Gasteiger partial charge in [0.05, 0.1) is 12.6 Å². The molecule has 1 aliphatic carbocycles. The summed E-state index contributed by atoms with van der Waals surface area (Å²) in [6.45, 7) is 2.00. The third-order valence-corrected chi connectivity index (χ3v) is 3.82. The summed E-state index contributed by atoms with van der Waals surface area (Å²) in [6, 6.07) is 8.29. The van der Waals surface area contributed by atoms with Crippen LogP contribution < -0.4 is 10.1 Å². The molecular weight excluding hydrogens is 271 g/mol. The molecule has 0 saturated heterocycles. The number of para-hydroxylation sites is 1. The van der Waals surface area contributed by atoms with Crippen molar-refractivity contribution < 1.29 is 13.9 Å². The second-order valence-corrected chi connectivity index (χ2v) is 5.47. The number of carbonyl (C=O) groups excluding carboxylic acids is 1. The minimum Gasteiger partial charge on any atom is -0.486 e. The predicted molar refractivity (Wildman–Crippen MR) is 76.0 cm³/mol. The molecule has 1 fully saturated rings. The number of nitrogens with zero attached hydrogens (tertiary/aromatic N) is 1. The van der Waals surface area contributed by atoms with E-state index >= 15 is 0 Å². The van der Waals surface area contributed by atoms with Gasteiger partial charge in [0.25, 0.3) is 0 Å². The fourth-order valence-electron chi connectivity index (χ4n) is 2.57. The number of hydrogen-bond donors (Lipinski definition) is 1. The zero-order valence-electron chi connectivity index (χ0n) is 12.1. The van der Waals surface area contributed by atoms with Crippen molar-refractivity contribution in [3.05, 3.63) is 30.1 Å². The molecule has 0 spiro atoms. The highest BCUT2D eigenvalue weighted by molar-refractivity contribution is 5.85. The highest BCUT2D eigenvalue weighted by Crippen LogP contribution is 2.37. The van der Waals surface area contributed by atoms with Crippen LogP contribution in [0, 0.1) is 22.6 Å². The Balaban J connectivity index is 1.87. The highest BCUT2D eigenvalue weighted by Gasteiger charge is 2.41. The Morgan fingerprint density at radius 2 is 2.14 bits per heavy atom. The van der Waals surface area contributed by atoms with Gasteiger partial charge in [-0.25, -0.2) is 4.39 Å². The van der Waals surface area contributed by atoms with Crippen molar-refractivity contribution >= 4 is 5.91 Å². The first-order chi connectivity index (χ1) is 10.1. The van der Waals surface area contributed by atoms with Crippen molar-refractivity contribution in [3.8, 4) is 11.8 Å². The van der Waals surface area contributed by atoms with Crippen LogP contribution in [0.15, 0.2) is 24.3 Å². The first kappa shape index (κ1) is 15.3. The van der Waals surface area contributed by atoms with Gasteiger partial charge < -0.3 is 10.1 Å². The lowest BCUT2D eigenvalue weighted by Gasteiger charge is -2.21. The zero-order valence-corrected chi connectivity index (χ0v) is 12.1. The Kier molecular flexibility index (Phi) is 4.79. The molecule has 112 valence electrons. The summed E-state index contributed by atoms with van der Waals surface area (Å²) in [4.78, 5) is 12.2. The highest BCUT2D eigenvalue weighted by atomic mass is 19.1. The molecule has 1 aromatic rings. The smallest absolute Gasteiger partial charge is 0.240 e. The number of hydrogen-bond acceptors (Lipinski definition) is 3. The fraction of sp³-hybridized carbons (Fsp3) is 0.500. The van der Waals surface area contributed by atoms with E-state index in [0.717, 1.165) is 12.8 Å². The van der Waals surface area contributed by atoms with Crippen LogP contribution in [-0.4, -0.2) is 18.6 Å². The van der Waals surface area contributed by atoms with Crippen LogP contribution in [-0.2, 0) is 4.79 Å². The van der Waals surface area contributed by atoms with Crippen molar-refractivity contribution in [2.24, 2.45) is 5.41 Å². The summed E-state index contributed by atoms with van der Waals surface area (Å²) in [5, 5.41) is 12.0. The number of carbonyl (C=O) groups is 1. The minimum atomic E-state index is -0.891. The quantitative estimate of drug-likeness (QED) is 0.907. The van der Waals surface area contributed by atoms with Crippen LogP contribution in [0.1, 0.15) is 32.6 Å². The van der Waals surface area contributed by atoms with Gasteiger partial charge in [-0.2, -0.15) is 5.26 Å². The topological polar surface area (TPSA) is 62.1 Å². The Bertz CT molecular complexity index is 547. The van der Waals surface area contributed by atoms with Crippen LogP contribution in [0.2, 0.25) is 0 Å². The second-order valence-electron chi connectivity index (χ2n) is 5.47. The fourth-order valence-corrected chi connectivity index (χ4v) is 2.57. The molecular formula is C16H19FN2O2. The van der Waals surface area contributed by atoms with Crippen molar-refractivity contribution in [2.75, 3.05) is 6.54 Å². The molecule has 0 aliphatic heterocycles. The monoisotopic (exact) mass is 290 g/mol. The third kappa shape index (κ3) is 3.52. The molecule has 1 atom stereocenters. The van der Waals surface area contributed by atoms with Gasteiger partial charge >= 0.3 is 0 Å². The standard InChI is InChI=1S/C16H19FN2O2/c1-12(21-14-7-3-2-6-13(14)17)10-19-15(20)16(11-18)8-4-5-9-16/h2-3,6-7,12H,4-5,8-10H2,1H3,(H,19,20)/t12-/m1/s1. The molecule has 4 nitrogen and oxygen atoms in total. The maximum absolute atomic E-state index is 13.5. The maximum Gasteiger partial charge on any atom is 0.240 e. The van der Waals surface area contributed by atoms with Gasteiger partial charge in [-0.3, -0.25) is 4.79 Å². The zero-order chi connectivity index (χ0) is 15.3. The van der Waals surface area contributed by atoms with Gasteiger partial charge in [0.2, 0.25) is 5.91 Å². The Morgan fingerprint density at radius 3 is 2.76 bits per heavy atom. The normalized spacial score (nSPS) is 17.8. The first-order valence-electron chi connectivity index (χ1n) is 7.18. The van der Waals surface area contributed by atoms with Crippen LogP contribution in [0.25, 0.3) is 0 Å². The molecule has 0 bridgehead atoms. The van der Waals surface area contributed by atoms with Crippen molar-refractivity contribution in [2.45, 2.75) is 38.7 Å². The number of ether oxygens (including phenoxy) is 1. The average Bonchev–Trinajstić information content (AvgIpc) is 2.97. The summed E-state index contributed by atoms with van der Waals surface area (Å²) in [5.74, 6) is -0.512. The van der Waals surface area contributed by atoms with E-state index in [1.807, 2.05) is 0 Å². The van der Waals surface area contributed by atoms with E-state index in [0.29, 0.717) is 12.8 Å². The molecule has 0 heterocycles. The molecule has 0 unspecified atom stereocenters. The third-order valence-electron chi connectivity index (χ3n) is 3.82. The minimum absolute atomic E-state index is 0.162. The molecule has 0 radical (unpaired) electrons. The van der Waals surface area contributed by atoms with Crippen LogP contribution in [0.3, 0.4) is 0 Å². The lowest BCUT2D eigenvalue weighted by molar-refractivity contribution is -0.128. The van der Waals surface area contributed by atoms with E-state index < -0.39 is 11.2 Å². The second kappa shape index (κ2) is 6.57. The van der Waals surface area contributed by atoms with Gasteiger partial charge in [-0.05, 0) is 31.9 Å². The van der Waals surface area contributed by atoms with Crippen molar-refractivity contribution in [1.82, 2.24) is 5.32 Å². The number of halogens is 1. The number of rotatable bonds is 5. The molecule has 0 aromatic heterocycles. The van der Waals surface area contributed by atoms with E-state index in [1.54, 1.807) is 25.1 Å². The molecule has 1 saturated carbocycles. The van der Waals surface area contributed by atoms with Gasteiger partial charge in [-0.15, -0.1) is 0 Å². The van der Waals surface area contributed by atoms with Gasteiger partial charge in [0, 0.05) is 0 Å². The average molecular weight is 290 g/mol. The van der Waals surface area contributed by atoms with E-state index in [2.05, 4.69) is 11.4 Å². The summed E-state index contributed by atoms with van der Waals surface area (Å²) in [5.41, 5.74) is -0.891. The number of nitriles is 1. The molecule has 5 heteroatoms. The molecule has 1 N–H and O–H groups in total. The molecule has 1 aromatic carbocycles. The Hall–Kier alpha value is -2.09. The first-order valence-corrected chi connectivity index (χ1v) is 7.18.